The van der Waals surface area contributed by atoms with Gasteiger partial charge in [-0.05, 0) is 23.8 Å². The average Bonchev–Trinajstić information content (AvgIpc) is 2.19. The molecule has 0 atom stereocenters. The van der Waals surface area contributed by atoms with Crippen LogP contribution in [0.5, 0.6) is 0 Å². The fourth-order valence-corrected chi connectivity index (χ4v) is 1.07. The summed E-state index contributed by atoms with van der Waals surface area (Å²) in [6, 6.07) is 3.22. The van der Waals surface area contributed by atoms with Crippen molar-refractivity contribution in [3.8, 4) is 0 Å². The van der Waals surface area contributed by atoms with Crippen LogP contribution in [0.4, 0.5) is 0 Å². The van der Waals surface area contributed by atoms with Gasteiger partial charge in [-0.1, -0.05) is 18.2 Å². The highest BCUT2D eigenvalue weighted by molar-refractivity contribution is 7.80. The van der Waals surface area contributed by atoms with Crippen LogP contribution in [0.2, 0.25) is 0 Å². The Labute approximate surface area is 87.9 Å². The molecule has 1 heterocycles. The predicted octanol–water partition coefficient (Wildman–Crippen LogP) is 2.11. The Balaban J connectivity index is 2.68. The Morgan fingerprint density at radius 2 is 2.36 bits per heavy atom. The first kappa shape index (κ1) is 10.8. The SMILES string of the molecule is O=C(O)c1ccc(C=CCCS)cn1. The summed E-state index contributed by atoms with van der Waals surface area (Å²) in [5.74, 6) is -0.201. The summed E-state index contributed by atoms with van der Waals surface area (Å²) in [6.45, 7) is 0. The normalized spacial score (nSPS) is 10.6. The largest absolute Gasteiger partial charge is 0.477 e. The first-order valence-corrected chi connectivity index (χ1v) is 4.84. The van der Waals surface area contributed by atoms with E-state index in [0.717, 1.165) is 17.7 Å². The van der Waals surface area contributed by atoms with E-state index in [1.807, 2.05) is 12.2 Å². The van der Waals surface area contributed by atoms with Gasteiger partial charge in [-0.15, -0.1) is 0 Å². The second-order valence-electron chi connectivity index (χ2n) is 2.70. The summed E-state index contributed by atoms with van der Waals surface area (Å²) in [4.78, 5) is 14.3. The summed E-state index contributed by atoms with van der Waals surface area (Å²) >= 11 is 4.07. The lowest BCUT2D eigenvalue weighted by Crippen LogP contribution is -1.98. The highest BCUT2D eigenvalue weighted by Gasteiger charge is 2.01. The lowest BCUT2D eigenvalue weighted by Gasteiger charge is -1.94. The number of aromatic nitrogens is 1. The second kappa shape index (κ2) is 5.44. The highest BCUT2D eigenvalue weighted by Crippen LogP contribution is 2.03. The number of allylic oxidation sites excluding steroid dienone is 1. The first-order valence-electron chi connectivity index (χ1n) is 4.21. The number of pyridine rings is 1. The van der Waals surface area contributed by atoms with Gasteiger partial charge in [0.15, 0.2) is 0 Å². The van der Waals surface area contributed by atoms with Crippen molar-refractivity contribution in [3.05, 3.63) is 35.7 Å². The number of aromatic carboxylic acids is 1. The van der Waals surface area contributed by atoms with Crippen molar-refractivity contribution < 1.29 is 9.90 Å². The van der Waals surface area contributed by atoms with Crippen molar-refractivity contribution in [2.45, 2.75) is 6.42 Å². The molecule has 0 aliphatic rings. The maximum atomic E-state index is 10.5. The molecule has 1 N–H and O–H groups in total. The second-order valence-corrected chi connectivity index (χ2v) is 3.14. The van der Waals surface area contributed by atoms with Crippen molar-refractivity contribution in [2.24, 2.45) is 0 Å². The van der Waals surface area contributed by atoms with Crippen molar-refractivity contribution in [2.75, 3.05) is 5.75 Å². The molecule has 0 saturated carbocycles. The molecule has 0 fully saturated rings. The molecule has 0 amide bonds. The monoisotopic (exact) mass is 209 g/mol. The van der Waals surface area contributed by atoms with Crippen LogP contribution in [-0.4, -0.2) is 21.8 Å². The number of carboxylic acids is 1. The van der Waals surface area contributed by atoms with Gasteiger partial charge >= 0.3 is 5.97 Å². The Bertz CT molecular complexity index is 332. The third-order valence-corrected chi connectivity index (χ3v) is 1.87. The maximum Gasteiger partial charge on any atom is 0.354 e. The molecule has 0 spiro atoms. The van der Waals surface area contributed by atoms with E-state index in [0.29, 0.717) is 0 Å². The lowest BCUT2D eigenvalue weighted by atomic mass is 10.2. The fraction of sp³-hybridized carbons (Fsp3) is 0.200. The zero-order valence-electron chi connectivity index (χ0n) is 7.55. The van der Waals surface area contributed by atoms with Crippen LogP contribution in [0.25, 0.3) is 6.08 Å². The number of rotatable bonds is 4. The molecule has 3 nitrogen and oxygen atoms in total. The van der Waals surface area contributed by atoms with E-state index in [9.17, 15) is 4.79 Å². The molecule has 0 unspecified atom stereocenters. The van der Waals surface area contributed by atoms with Crippen molar-refractivity contribution in [1.29, 1.82) is 0 Å². The number of hydrogen-bond acceptors (Lipinski definition) is 3. The predicted molar refractivity (Wildman–Crippen MR) is 58.7 cm³/mol. The van der Waals surface area contributed by atoms with Crippen LogP contribution in [0, 0.1) is 0 Å². The molecule has 1 aromatic rings. The molecule has 0 saturated heterocycles. The van der Waals surface area contributed by atoms with E-state index in [4.69, 9.17) is 5.11 Å². The molecule has 0 aliphatic heterocycles. The molecule has 0 aliphatic carbocycles. The third-order valence-electron chi connectivity index (χ3n) is 1.61. The van der Waals surface area contributed by atoms with Gasteiger partial charge in [0.25, 0.3) is 0 Å². The van der Waals surface area contributed by atoms with Gasteiger partial charge in [0, 0.05) is 6.20 Å². The Morgan fingerprint density at radius 1 is 1.57 bits per heavy atom. The van der Waals surface area contributed by atoms with E-state index in [1.165, 1.54) is 6.07 Å². The van der Waals surface area contributed by atoms with Crippen LogP contribution in [0.3, 0.4) is 0 Å². The minimum Gasteiger partial charge on any atom is -0.477 e. The van der Waals surface area contributed by atoms with Crippen LogP contribution in [0.1, 0.15) is 22.5 Å². The van der Waals surface area contributed by atoms with Crippen molar-refractivity contribution >= 4 is 24.7 Å². The molecule has 1 aromatic heterocycles. The fourth-order valence-electron chi connectivity index (χ4n) is 0.924. The van der Waals surface area contributed by atoms with Gasteiger partial charge in [0.05, 0.1) is 0 Å². The van der Waals surface area contributed by atoms with Crippen LogP contribution in [0.15, 0.2) is 24.4 Å². The minimum absolute atomic E-state index is 0.0661. The van der Waals surface area contributed by atoms with Crippen LogP contribution < -0.4 is 0 Å². The summed E-state index contributed by atoms with van der Waals surface area (Å²) in [7, 11) is 0. The van der Waals surface area contributed by atoms with Crippen LogP contribution in [-0.2, 0) is 0 Å². The standard InChI is InChI=1S/C10H11NO2S/c12-10(13)9-5-4-8(7-11-9)3-1-2-6-14/h1,3-5,7,14H,2,6H2,(H,12,13). The molecule has 1 rings (SSSR count). The van der Waals surface area contributed by atoms with Crippen LogP contribution >= 0.6 is 12.6 Å². The number of carbonyl (C=O) groups is 1. The molecule has 0 aromatic carbocycles. The third kappa shape index (κ3) is 3.22. The molecular weight excluding hydrogens is 198 g/mol. The summed E-state index contributed by atoms with van der Waals surface area (Å²) in [5.41, 5.74) is 0.966. The number of thiol groups is 1. The van der Waals surface area contributed by atoms with Gasteiger partial charge < -0.3 is 5.11 Å². The first-order chi connectivity index (χ1) is 6.74. The van der Waals surface area contributed by atoms with Gasteiger partial charge in [0.1, 0.15) is 5.69 Å². The highest BCUT2D eigenvalue weighted by atomic mass is 32.1. The van der Waals surface area contributed by atoms with Crippen molar-refractivity contribution in [3.63, 3.8) is 0 Å². The Kier molecular flexibility index (Phi) is 4.19. The molecule has 0 radical (unpaired) electrons. The van der Waals surface area contributed by atoms with E-state index in [2.05, 4.69) is 17.6 Å². The minimum atomic E-state index is -1.00. The molecule has 0 bridgehead atoms. The zero-order valence-corrected chi connectivity index (χ0v) is 8.45. The summed E-state index contributed by atoms with van der Waals surface area (Å²) < 4.78 is 0. The number of carboxylic acid groups (broad SMARTS) is 1. The van der Waals surface area contributed by atoms with E-state index < -0.39 is 5.97 Å². The zero-order chi connectivity index (χ0) is 10.4. The van der Waals surface area contributed by atoms with E-state index >= 15 is 0 Å². The van der Waals surface area contributed by atoms with Gasteiger partial charge in [-0.2, -0.15) is 12.6 Å². The van der Waals surface area contributed by atoms with Gasteiger partial charge in [0.2, 0.25) is 0 Å². The number of nitrogens with zero attached hydrogens (tertiary/aromatic N) is 1. The Hall–Kier alpha value is -1.29. The quantitative estimate of drug-likeness (QED) is 0.747. The molecule has 4 heteroatoms. The van der Waals surface area contributed by atoms with Gasteiger partial charge in [-0.25, -0.2) is 9.78 Å². The summed E-state index contributed by atoms with van der Waals surface area (Å²) in [6.07, 6.45) is 6.31. The molecular formula is C10H11NO2S. The molecule has 14 heavy (non-hydrogen) atoms. The lowest BCUT2D eigenvalue weighted by molar-refractivity contribution is 0.0690. The molecule has 74 valence electrons. The maximum absolute atomic E-state index is 10.5. The smallest absolute Gasteiger partial charge is 0.354 e. The topological polar surface area (TPSA) is 50.2 Å². The van der Waals surface area contributed by atoms with E-state index in [1.54, 1.807) is 12.3 Å². The van der Waals surface area contributed by atoms with Gasteiger partial charge in [-0.3, -0.25) is 0 Å². The summed E-state index contributed by atoms with van der Waals surface area (Å²) in [5, 5.41) is 8.60. The number of hydrogen-bond donors (Lipinski definition) is 2. The van der Waals surface area contributed by atoms with Crippen molar-refractivity contribution in [1.82, 2.24) is 4.98 Å². The van der Waals surface area contributed by atoms with E-state index in [-0.39, 0.29) is 5.69 Å². The Morgan fingerprint density at radius 3 is 2.86 bits per heavy atom. The average molecular weight is 209 g/mol.